The molecule has 0 aliphatic carbocycles. The molecular weight excluding hydrogens is 226 g/mol. The minimum Gasteiger partial charge on any atom is -0.459 e. The fourth-order valence-corrected chi connectivity index (χ4v) is 1.80. The topological polar surface area (TPSA) is 42.2 Å². The van der Waals surface area contributed by atoms with Gasteiger partial charge >= 0.3 is 0 Å². The first-order valence-corrected chi connectivity index (χ1v) is 6.09. The van der Waals surface area contributed by atoms with Gasteiger partial charge in [0, 0.05) is 5.69 Å². The normalized spacial score (nSPS) is 10.6. The number of hydrogen-bond acceptors (Lipinski definition) is 2. The number of rotatable bonds is 4. The van der Waals surface area contributed by atoms with Crippen molar-refractivity contribution in [1.82, 2.24) is 0 Å². The Morgan fingerprint density at radius 1 is 1.22 bits per heavy atom. The summed E-state index contributed by atoms with van der Waals surface area (Å²) in [6.07, 6.45) is 2.53. The van der Waals surface area contributed by atoms with Crippen LogP contribution in [-0.2, 0) is 6.42 Å². The van der Waals surface area contributed by atoms with Crippen LogP contribution in [0.2, 0.25) is 0 Å². The van der Waals surface area contributed by atoms with E-state index in [4.69, 9.17) is 4.42 Å². The van der Waals surface area contributed by atoms with Gasteiger partial charge in [-0.2, -0.15) is 0 Å². The molecule has 0 radical (unpaired) electrons. The zero-order valence-corrected chi connectivity index (χ0v) is 10.6. The van der Waals surface area contributed by atoms with Crippen LogP contribution < -0.4 is 5.32 Å². The van der Waals surface area contributed by atoms with E-state index in [1.165, 1.54) is 11.8 Å². The predicted molar refractivity (Wildman–Crippen MR) is 71.6 cm³/mol. The second-order valence-electron chi connectivity index (χ2n) is 4.73. The molecule has 0 atom stereocenters. The van der Waals surface area contributed by atoms with Crippen molar-refractivity contribution in [3.63, 3.8) is 0 Å². The summed E-state index contributed by atoms with van der Waals surface area (Å²) < 4.78 is 5.03. The minimum absolute atomic E-state index is 0.225. The van der Waals surface area contributed by atoms with Crippen molar-refractivity contribution in [1.29, 1.82) is 0 Å². The van der Waals surface area contributed by atoms with E-state index in [0.717, 1.165) is 12.1 Å². The Bertz CT molecular complexity index is 498. The first-order chi connectivity index (χ1) is 8.65. The van der Waals surface area contributed by atoms with Gasteiger partial charge in [0.1, 0.15) is 0 Å². The molecule has 94 valence electrons. The maximum absolute atomic E-state index is 11.7. The number of benzene rings is 1. The highest BCUT2D eigenvalue weighted by molar-refractivity contribution is 6.02. The molecule has 0 spiro atoms. The van der Waals surface area contributed by atoms with E-state index in [1.54, 1.807) is 12.1 Å². The Morgan fingerprint density at radius 3 is 2.50 bits per heavy atom. The van der Waals surface area contributed by atoms with Gasteiger partial charge in [-0.1, -0.05) is 26.0 Å². The highest BCUT2D eigenvalue weighted by Crippen LogP contribution is 2.14. The summed E-state index contributed by atoms with van der Waals surface area (Å²) in [6, 6.07) is 11.2. The van der Waals surface area contributed by atoms with Gasteiger partial charge in [-0.05, 0) is 42.2 Å². The Hall–Kier alpha value is -2.03. The lowest BCUT2D eigenvalue weighted by Crippen LogP contribution is -2.10. The Morgan fingerprint density at radius 2 is 1.94 bits per heavy atom. The van der Waals surface area contributed by atoms with Gasteiger partial charge in [-0.3, -0.25) is 4.79 Å². The van der Waals surface area contributed by atoms with Crippen molar-refractivity contribution in [3.05, 3.63) is 54.0 Å². The number of carbonyl (C=O) groups excluding carboxylic acids is 1. The van der Waals surface area contributed by atoms with Gasteiger partial charge in [0.2, 0.25) is 0 Å². The second kappa shape index (κ2) is 5.54. The average molecular weight is 243 g/mol. The number of carbonyl (C=O) groups is 1. The minimum atomic E-state index is -0.225. The van der Waals surface area contributed by atoms with E-state index in [1.807, 2.05) is 24.3 Å². The summed E-state index contributed by atoms with van der Waals surface area (Å²) >= 11 is 0. The maximum atomic E-state index is 11.7. The molecular formula is C15H17NO2. The molecule has 3 heteroatoms. The third-order valence-corrected chi connectivity index (χ3v) is 2.60. The third kappa shape index (κ3) is 3.23. The van der Waals surface area contributed by atoms with Crippen LogP contribution in [0.1, 0.15) is 30.0 Å². The monoisotopic (exact) mass is 243 g/mol. The predicted octanol–water partition coefficient (Wildman–Crippen LogP) is 3.73. The molecule has 18 heavy (non-hydrogen) atoms. The Balaban J connectivity index is 2.00. The molecule has 1 aromatic carbocycles. The highest BCUT2D eigenvalue weighted by Gasteiger charge is 2.08. The van der Waals surface area contributed by atoms with Crippen molar-refractivity contribution in [2.45, 2.75) is 20.3 Å². The Labute approximate surface area is 107 Å². The quantitative estimate of drug-likeness (QED) is 0.889. The lowest BCUT2D eigenvalue weighted by Gasteiger charge is -2.07. The van der Waals surface area contributed by atoms with Crippen LogP contribution in [0.3, 0.4) is 0 Å². The molecule has 2 rings (SSSR count). The molecule has 0 saturated heterocycles. The summed E-state index contributed by atoms with van der Waals surface area (Å²) in [4.78, 5) is 11.7. The molecule has 0 aliphatic rings. The summed E-state index contributed by atoms with van der Waals surface area (Å²) in [5, 5.41) is 2.79. The second-order valence-corrected chi connectivity index (χ2v) is 4.73. The maximum Gasteiger partial charge on any atom is 0.291 e. The van der Waals surface area contributed by atoms with Crippen LogP contribution in [0.25, 0.3) is 0 Å². The third-order valence-electron chi connectivity index (χ3n) is 2.60. The molecule has 0 saturated carbocycles. The molecule has 1 N–H and O–H groups in total. The smallest absolute Gasteiger partial charge is 0.291 e. The molecule has 0 aliphatic heterocycles. The van der Waals surface area contributed by atoms with E-state index in [0.29, 0.717) is 11.7 Å². The Kier molecular flexibility index (Phi) is 3.82. The first-order valence-electron chi connectivity index (χ1n) is 6.09. The SMILES string of the molecule is CC(C)Cc1ccc(NC(=O)c2ccco2)cc1. The van der Waals surface area contributed by atoms with Crippen LogP contribution in [0.15, 0.2) is 47.1 Å². The molecule has 1 aromatic heterocycles. The van der Waals surface area contributed by atoms with Crippen molar-refractivity contribution >= 4 is 11.6 Å². The first kappa shape index (κ1) is 12.4. The van der Waals surface area contributed by atoms with Gasteiger partial charge in [0.25, 0.3) is 5.91 Å². The van der Waals surface area contributed by atoms with Gasteiger partial charge in [-0.25, -0.2) is 0 Å². The van der Waals surface area contributed by atoms with E-state index in [9.17, 15) is 4.79 Å². The van der Waals surface area contributed by atoms with Crippen LogP contribution in [0.4, 0.5) is 5.69 Å². The lowest BCUT2D eigenvalue weighted by molar-refractivity contribution is 0.0996. The van der Waals surface area contributed by atoms with Crippen LogP contribution in [0.5, 0.6) is 0 Å². The molecule has 0 bridgehead atoms. The molecule has 1 heterocycles. The van der Waals surface area contributed by atoms with Gasteiger partial charge in [0.15, 0.2) is 5.76 Å². The van der Waals surface area contributed by atoms with Crippen molar-refractivity contribution in [3.8, 4) is 0 Å². The molecule has 2 aromatic rings. The van der Waals surface area contributed by atoms with Crippen molar-refractivity contribution in [2.24, 2.45) is 5.92 Å². The number of amides is 1. The fraction of sp³-hybridized carbons (Fsp3) is 0.267. The van der Waals surface area contributed by atoms with E-state index in [-0.39, 0.29) is 5.91 Å². The molecule has 0 fully saturated rings. The standard InChI is InChI=1S/C15H17NO2/c1-11(2)10-12-5-7-13(8-6-12)16-15(17)14-4-3-9-18-14/h3-9,11H,10H2,1-2H3,(H,16,17). The number of hydrogen-bond donors (Lipinski definition) is 1. The van der Waals surface area contributed by atoms with Crippen LogP contribution in [0, 0.1) is 5.92 Å². The summed E-state index contributed by atoms with van der Waals surface area (Å²) in [5.41, 5.74) is 2.06. The largest absolute Gasteiger partial charge is 0.459 e. The molecule has 0 unspecified atom stereocenters. The van der Waals surface area contributed by atoms with Crippen LogP contribution in [-0.4, -0.2) is 5.91 Å². The average Bonchev–Trinajstić information content (AvgIpc) is 2.84. The zero-order chi connectivity index (χ0) is 13.0. The lowest BCUT2D eigenvalue weighted by atomic mass is 10.0. The number of nitrogens with one attached hydrogen (secondary N) is 1. The van der Waals surface area contributed by atoms with E-state index in [2.05, 4.69) is 19.2 Å². The van der Waals surface area contributed by atoms with E-state index >= 15 is 0 Å². The molecule has 1 amide bonds. The van der Waals surface area contributed by atoms with Crippen molar-refractivity contribution < 1.29 is 9.21 Å². The van der Waals surface area contributed by atoms with Crippen molar-refractivity contribution in [2.75, 3.05) is 5.32 Å². The summed E-state index contributed by atoms with van der Waals surface area (Å²) in [5.74, 6) is 0.728. The van der Waals surface area contributed by atoms with Crippen LogP contribution >= 0.6 is 0 Å². The van der Waals surface area contributed by atoms with Gasteiger partial charge in [-0.15, -0.1) is 0 Å². The highest BCUT2D eigenvalue weighted by atomic mass is 16.3. The van der Waals surface area contributed by atoms with Gasteiger partial charge < -0.3 is 9.73 Å². The summed E-state index contributed by atoms with van der Waals surface area (Å²) in [7, 11) is 0. The fourth-order valence-electron chi connectivity index (χ4n) is 1.80. The van der Waals surface area contributed by atoms with Gasteiger partial charge in [0.05, 0.1) is 6.26 Å². The van der Waals surface area contributed by atoms with E-state index < -0.39 is 0 Å². The zero-order valence-electron chi connectivity index (χ0n) is 10.6. The molecule has 3 nitrogen and oxygen atoms in total. The number of furan rings is 1. The summed E-state index contributed by atoms with van der Waals surface area (Å²) in [6.45, 7) is 4.37. The number of anilines is 1.